The molecule has 2 aliphatic rings. The summed E-state index contributed by atoms with van der Waals surface area (Å²) in [5.41, 5.74) is 3.39. The Kier molecular flexibility index (Phi) is 7.19. The average molecular weight is 440 g/mol. The average Bonchev–Trinajstić information content (AvgIpc) is 3.14. The first-order valence-corrected chi connectivity index (χ1v) is 12.0. The number of nitrogens with zero attached hydrogens (tertiary/aromatic N) is 2. The van der Waals surface area contributed by atoms with Gasteiger partial charge in [0.05, 0.1) is 0 Å². The van der Waals surface area contributed by atoms with E-state index in [0.717, 1.165) is 35.8 Å². The van der Waals surface area contributed by atoms with E-state index in [1.807, 2.05) is 24.3 Å². The van der Waals surface area contributed by atoms with Gasteiger partial charge >= 0.3 is 0 Å². The Hall–Kier alpha value is -2.04. The lowest BCUT2D eigenvalue weighted by atomic mass is 10.1. The summed E-state index contributed by atoms with van der Waals surface area (Å²) in [6, 6.07) is 17.8. The molecule has 0 aliphatic carbocycles. The van der Waals surface area contributed by atoms with E-state index in [-0.39, 0.29) is 5.91 Å². The minimum atomic E-state index is 0.209. The summed E-state index contributed by atoms with van der Waals surface area (Å²) in [5.74, 6) is 0.209. The second kappa shape index (κ2) is 10.1. The van der Waals surface area contributed by atoms with Gasteiger partial charge in [-0.25, -0.2) is 0 Å². The number of nitrogens with one attached hydrogen (secondary N) is 1. The fourth-order valence-corrected chi connectivity index (χ4v) is 5.55. The summed E-state index contributed by atoms with van der Waals surface area (Å²) in [6.07, 6.45) is 4.68. The predicted octanol–water partition coefficient (Wildman–Crippen LogP) is 5.36. The van der Waals surface area contributed by atoms with Crippen molar-refractivity contribution in [2.45, 2.75) is 70.6 Å². The first kappa shape index (κ1) is 22.2. The van der Waals surface area contributed by atoms with Gasteiger partial charge in [0.2, 0.25) is 5.91 Å². The highest BCUT2D eigenvalue weighted by atomic mass is 35.5. The maximum atomic E-state index is 13.4. The molecule has 1 N–H and O–H groups in total. The normalized spacial score (nSPS) is 22.0. The largest absolute Gasteiger partial charge is 0.385 e. The first-order valence-electron chi connectivity index (χ1n) is 11.6. The molecule has 2 bridgehead atoms. The fourth-order valence-electron chi connectivity index (χ4n) is 5.32. The quantitative estimate of drug-likeness (QED) is 0.696. The van der Waals surface area contributed by atoms with Crippen LogP contribution in [0.5, 0.6) is 0 Å². The van der Waals surface area contributed by atoms with Crippen LogP contribution in [0, 0.1) is 0 Å². The Bertz CT molecular complexity index is 900. The van der Waals surface area contributed by atoms with Crippen LogP contribution in [0.2, 0.25) is 5.02 Å². The summed E-state index contributed by atoms with van der Waals surface area (Å²) < 4.78 is 0. The van der Waals surface area contributed by atoms with Crippen LogP contribution in [0.3, 0.4) is 0 Å². The van der Waals surface area contributed by atoms with E-state index in [0.29, 0.717) is 37.5 Å². The van der Waals surface area contributed by atoms with Crippen molar-refractivity contribution in [1.29, 1.82) is 0 Å². The van der Waals surface area contributed by atoms with Gasteiger partial charge in [-0.05, 0) is 62.8 Å². The van der Waals surface area contributed by atoms with Crippen molar-refractivity contribution < 1.29 is 4.79 Å². The van der Waals surface area contributed by atoms with Gasteiger partial charge in [-0.2, -0.15) is 0 Å². The zero-order chi connectivity index (χ0) is 21.8. The summed E-state index contributed by atoms with van der Waals surface area (Å²) in [6.45, 7) is 6.99. The van der Waals surface area contributed by atoms with Crippen molar-refractivity contribution >= 4 is 23.2 Å². The van der Waals surface area contributed by atoms with Crippen LogP contribution >= 0.6 is 11.6 Å². The summed E-state index contributed by atoms with van der Waals surface area (Å²) in [7, 11) is 0. The Morgan fingerprint density at radius 1 is 1.06 bits per heavy atom. The maximum absolute atomic E-state index is 13.4. The molecule has 166 valence electrons. The van der Waals surface area contributed by atoms with Crippen LogP contribution in [-0.4, -0.2) is 46.9 Å². The van der Waals surface area contributed by atoms with E-state index >= 15 is 0 Å². The lowest BCUT2D eigenvalue weighted by Gasteiger charge is -2.36. The second-order valence-electron chi connectivity index (χ2n) is 9.16. The molecule has 2 aromatic carbocycles. The van der Waals surface area contributed by atoms with Crippen LogP contribution < -0.4 is 5.32 Å². The van der Waals surface area contributed by atoms with Gasteiger partial charge in [-0.15, -0.1) is 0 Å². The van der Waals surface area contributed by atoms with E-state index in [4.69, 9.17) is 11.6 Å². The molecule has 0 aromatic heterocycles. The number of carbonyl (C=O) groups is 1. The zero-order valence-electron chi connectivity index (χ0n) is 18.7. The monoisotopic (exact) mass is 439 g/mol. The van der Waals surface area contributed by atoms with Gasteiger partial charge < -0.3 is 10.2 Å². The molecular formula is C26H34ClN3O. The molecule has 2 atom stereocenters. The number of carbonyl (C=O) groups excluding carboxylic acids is 1. The summed E-state index contributed by atoms with van der Waals surface area (Å²) in [4.78, 5) is 18.2. The number of aryl methyl sites for hydroxylation is 1. The molecule has 5 heteroatoms. The Morgan fingerprint density at radius 3 is 2.61 bits per heavy atom. The zero-order valence-corrected chi connectivity index (χ0v) is 19.4. The number of fused-ring (bicyclic) bond motifs is 3. The molecule has 0 spiro atoms. The smallest absolute Gasteiger partial charge is 0.223 e. The van der Waals surface area contributed by atoms with Gasteiger partial charge in [-0.3, -0.25) is 9.69 Å². The lowest BCUT2D eigenvalue weighted by Crippen LogP contribution is -2.48. The van der Waals surface area contributed by atoms with Crippen LogP contribution in [0.4, 0.5) is 5.69 Å². The topological polar surface area (TPSA) is 35.6 Å². The molecule has 2 aliphatic heterocycles. The van der Waals surface area contributed by atoms with Crippen LogP contribution in [0.1, 0.15) is 50.7 Å². The third-order valence-electron chi connectivity index (χ3n) is 6.79. The van der Waals surface area contributed by atoms with Gasteiger partial charge in [0.1, 0.15) is 0 Å². The van der Waals surface area contributed by atoms with E-state index < -0.39 is 0 Å². The second-order valence-corrected chi connectivity index (χ2v) is 9.57. The molecule has 4 nitrogen and oxygen atoms in total. The molecule has 2 aromatic rings. The SMILES string of the molecule is CC(C)N1[C@H]2CCNc3ccccc3CN(C(=O)CCc3ccccc3Cl)C[C@@H]1CC2. The summed E-state index contributed by atoms with van der Waals surface area (Å²) in [5, 5.41) is 4.39. The maximum Gasteiger partial charge on any atom is 0.223 e. The Morgan fingerprint density at radius 2 is 1.81 bits per heavy atom. The molecule has 0 saturated carbocycles. The molecule has 4 rings (SSSR count). The lowest BCUT2D eigenvalue weighted by molar-refractivity contribution is -0.132. The van der Waals surface area contributed by atoms with E-state index in [2.05, 4.69) is 53.2 Å². The van der Waals surface area contributed by atoms with Gasteiger partial charge in [0.25, 0.3) is 0 Å². The number of benzene rings is 2. The molecule has 1 fully saturated rings. The molecule has 0 unspecified atom stereocenters. The van der Waals surface area contributed by atoms with Crippen molar-refractivity contribution in [2.24, 2.45) is 0 Å². The number of rotatable bonds is 4. The van der Waals surface area contributed by atoms with Crippen molar-refractivity contribution in [3.63, 3.8) is 0 Å². The van der Waals surface area contributed by atoms with Crippen molar-refractivity contribution in [3.05, 3.63) is 64.7 Å². The third kappa shape index (κ3) is 5.24. The molecule has 1 amide bonds. The number of hydrogen-bond acceptors (Lipinski definition) is 3. The number of para-hydroxylation sites is 1. The minimum Gasteiger partial charge on any atom is -0.385 e. The number of hydrogen-bond donors (Lipinski definition) is 1. The molecule has 31 heavy (non-hydrogen) atoms. The number of amides is 1. The Balaban J connectivity index is 1.57. The van der Waals surface area contributed by atoms with Gasteiger partial charge in [0, 0.05) is 54.9 Å². The third-order valence-corrected chi connectivity index (χ3v) is 7.16. The molecular weight excluding hydrogens is 406 g/mol. The minimum absolute atomic E-state index is 0.209. The highest BCUT2D eigenvalue weighted by molar-refractivity contribution is 6.31. The van der Waals surface area contributed by atoms with E-state index in [1.165, 1.54) is 18.4 Å². The van der Waals surface area contributed by atoms with Gasteiger partial charge in [0.15, 0.2) is 0 Å². The van der Waals surface area contributed by atoms with Crippen LogP contribution in [0.15, 0.2) is 48.5 Å². The first-order chi connectivity index (χ1) is 15.0. The highest BCUT2D eigenvalue weighted by Crippen LogP contribution is 2.31. The number of halogens is 1. The Labute approximate surface area is 191 Å². The van der Waals surface area contributed by atoms with Crippen LogP contribution in [-0.2, 0) is 17.8 Å². The molecule has 2 heterocycles. The standard InChI is InChI=1S/C26H34ClN3O/c1-19(2)30-22-12-13-23(30)18-29(17-21-8-4-6-10-25(21)28-16-15-22)26(31)14-11-20-7-3-5-9-24(20)27/h3-10,19,22-23,28H,11-18H2,1-2H3/t22-,23+/m1/s1. The van der Waals surface area contributed by atoms with E-state index in [9.17, 15) is 4.79 Å². The predicted molar refractivity (Wildman–Crippen MR) is 129 cm³/mol. The number of anilines is 1. The van der Waals surface area contributed by atoms with Crippen molar-refractivity contribution in [1.82, 2.24) is 9.80 Å². The van der Waals surface area contributed by atoms with Gasteiger partial charge in [-0.1, -0.05) is 48.0 Å². The molecule has 0 radical (unpaired) electrons. The fraction of sp³-hybridized carbons (Fsp3) is 0.500. The molecule has 1 saturated heterocycles. The van der Waals surface area contributed by atoms with Crippen molar-refractivity contribution in [3.8, 4) is 0 Å². The highest BCUT2D eigenvalue weighted by Gasteiger charge is 2.36. The van der Waals surface area contributed by atoms with Crippen molar-refractivity contribution in [2.75, 3.05) is 18.4 Å². The van der Waals surface area contributed by atoms with Crippen LogP contribution in [0.25, 0.3) is 0 Å². The summed E-state index contributed by atoms with van der Waals surface area (Å²) >= 11 is 6.33. The van der Waals surface area contributed by atoms with E-state index in [1.54, 1.807) is 0 Å².